The van der Waals surface area contributed by atoms with Gasteiger partial charge in [-0.3, -0.25) is 0 Å². The Morgan fingerprint density at radius 1 is 0.581 bits per heavy atom. The molecule has 0 amide bonds. The van der Waals surface area contributed by atoms with E-state index >= 15 is 0 Å². The summed E-state index contributed by atoms with van der Waals surface area (Å²) in [5.41, 5.74) is 5.19. The molecular weight excluding hydrogens is 379 g/mol. The van der Waals surface area contributed by atoms with Crippen LogP contribution in [0.15, 0.2) is 91.0 Å². The topological polar surface area (TPSA) is 18.5 Å². The summed E-state index contributed by atoms with van der Waals surface area (Å²) in [4.78, 5) is 0. The lowest BCUT2D eigenvalue weighted by molar-refractivity contribution is 0.00578. The third kappa shape index (κ3) is 3.58. The second-order valence-corrected chi connectivity index (χ2v) is 9.32. The molecule has 0 unspecified atom stereocenters. The summed E-state index contributed by atoms with van der Waals surface area (Å²) in [5, 5.41) is 2.48. The highest BCUT2D eigenvalue weighted by Gasteiger charge is 2.51. The Hall–Kier alpha value is -2.88. The van der Waals surface area contributed by atoms with E-state index in [4.69, 9.17) is 9.31 Å². The van der Waals surface area contributed by atoms with Gasteiger partial charge in [0.15, 0.2) is 0 Å². The Kier molecular flexibility index (Phi) is 4.77. The lowest BCUT2D eigenvalue weighted by atomic mass is 9.77. The van der Waals surface area contributed by atoms with Gasteiger partial charge >= 0.3 is 7.12 Å². The van der Waals surface area contributed by atoms with E-state index in [-0.39, 0.29) is 18.3 Å². The number of hydrogen-bond donors (Lipinski definition) is 0. The summed E-state index contributed by atoms with van der Waals surface area (Å²) in [5.74, 6) is 0. The maximum absolute atomic E-state index is 6.28. The second-order valence-electron chi connectivity index (χ2n) is 9.32. The van der Waals surface area contributed by atoms with Crippen molar-refractivity contribution in [1.82, 2.24) is 0 Å². The van der Waals surface area contributed by atoms with Crippen LogP contribution in [0.1, 0.15) is 27.7 Å². The van der Waals surface area contributed by atoms with Crippen LogP contribution in [0.2, 0.25) is 0 Å². The molecule has 1 aliphatic heterocycles. The normalized spacial score (nSPS) is 17.2. The van der Waals surface area contributed by atoms with Gasteiger partial charge in [0.1, 0.15) is 0 Å². The van der Waals surface area contributed by atoms with Gasteiger partial charge in [-0.15, -0.1) is 0 Å². The number of hydrogen-bond acceptors (Lipinski definition) is 2. The third-order valence-electron chi connectivity index (χ3n) is 6.71. The van der Waals surface area contributed by atoms with E-state index in [1.807, 2.05) is 0 Å². The Balaban J connectivity index is 1.58. The molecule has 3 heteroatoms. The van der Waals surface area contributed by atoms with Crippen molar-refractivity contribution in [3.63, 3.8) is 0 Å². The van der Waals surface area contributed by atoms with Crippen molar-refractivity contribution in [2.24, 2.45) is 0 Å². The highest BCUT2D eigenvalue weighted by atomic mass is 16.7. The van der Waals surface area contributed by atoms with Crippen molar-refractivity contribution < 1.29 is 9.31 Å². The maximum Gasteiger partial charge on any atom is 0.494 e. The molecule has 0 saturated carbocycles. The van der Waals surface area contributed by atoms with E-state index in [0.717, 1.165) is 5.46 Å². The molecule has 5 rings (SSSR count). The number of rotatable bonds is 3. The minimum Gasteiger partial charge on any atom is -0.399 e. The lowest BCUT2D eigenvalue weighted by Gasteiger charge is -2.32. The largest absolute Gasteiger partial charge is 0.494 e. The van der Waals surface area contributed by atoms with Crippen LogP contribution in [0.3, 0.4) is 0 Å². The molecule has 2 nitrogen and oxygen atoms in total. The van der Waals surface area contributed by atoms with Gasteiger partial charge in [0.2, 0.25) is 0 Å². The average Bonchev–Trinajstić information content (AvgIpc) is 3.00. The average molecular weight is 406 g/mol. The van der Waals surface area contributed by atoms with Gasteiger partial charge in [0.25, 0.3) is 0 Å². The molecule has 154 valence electrons. The van der Waals surface area contributed by atoms with Crippen molar-refractivity contribution in [1.29, 1.82) is 0 Å². The fourth-order valence-corrected chi connectivity index (χ4v) is 4.17. The van der Waals surface area contributed by atoms with Crippen LogP contribution in [0, 0.1) is 0 Å². The summed E-state index contributed by atoms with van der Waals surface area (Å²) in [6.07, 6.45) is 0. The number of fused-ring (bicyclic) bond motifs is 1. The molecule has 0 radical (unpaired) electrons. The molecule has 0 spiro atoms. The Morgan fingerprint density at radius 2 is 1.26 bits per heavy atom. The zero-order valence-electron chi connectivity index (χ0n) is 18.6. The minimum absolute atomic E-state index is 0.350. The fraction of sp³-hybridized carbons (Fsp3) is 0.214. The predicted octanol–water partition coefficient (Wildman–Crippen LogP) is 6.47. The van der Waals surface area contributed by atoms with Gasteiger partial charge in [-0.25, -0.2) is 0 Å². The Labute approximate surface area is 185 Å². The van der Waals surface area contributed by atoms with Crippen molar-refractivity contribution in [3.05, 3.63) is 91.0 Å². The first-order valence-corrected chi connectivity index (χ1v) is 10.9. The summed E-state index contributed by atoms with van der Waals surface area (Å²) in [6, 6.07) is 32.3. The van der Waals surface area contributed by atoms with Gasteiger partial charge in [-0.05, 0) is 72.3 Å². The van der Waals surface area contributed by atoms with E-state index in [2.05, 4.69) is 119 Å². The van der Waals surface area contributed by atoms with Crippen LogP contribution in [-0.4, -0.2) is 18.3 Å². The lowest BCUT2D eigenvalue weighted by Crippen LogP contribution is -2.41. The summed E-state index contributed by atoms with van der Waals surface area (Å²) in [7, 11) is -0.361. The quantitative estimate of drug-likeness (QED) is 0.363. The first-order valence-electron chi connectivity index (χ1n) is 10.9. The van der Waals surface area contributed by atoms with E-state index in [1.165, 1.54) is 33.0 Å². The minimum atomic E-state index is -0.361. The van der Waals surface area contributed by atoms with Crippen molar-refractivity contribution >= 4 is 23.4 Å². The van der Waals surface area contributed by atoms with Crippen LogP contribution in [0.4, 0.5) is 0 Å². The summed E-state index contributed by atoms with van der Waals surface area (Å²) in [6.45, 7) is 8.36. The van der Waals surface area contributed by atoms with Gasteiger partial charge in [0, 0.05) is 0 Å². The van der Waals surface area contributed by atoms with Gasteiger partial charge in [0.05, 0.1) is 11.2 Å². The molecule has 31 heavy (non-hydrogen) atoms. The van der Waals surface area contributed by atoms with Crippen LogP contribution in [0.25, 0.3) is 33.0 Å². The predicted molar refractivity (Wildman–Crippen MR) is 131 cm³/mol. The summed E-state index contributed by atoms with van der Waals surface area (Å²) >= 11 is 0. The zero-order chi connectivity index (χ0) is 21.6. The molecule has 0 atom stereocenters. The summed E-state index contributed by atoms with van der Waals surface area (Å²) < 4.78 is 12.6. The van der Waals surface area contributed by atoms with E-state index in [9.17, 15) is 0 Å². The van der Waals surface area contributed by atoms with Gasteiger partial charge < -0.3 is 9.31 Å². The van der Waals surface area contributed by atoms with Crippen LogP contribution < -0.4 is 5.46 Å². The van der Waals surface area contributed by atoms with E-state index < -0.39 is 0 Å². The zero-order valence-corrected chi connectivity index (χ0v) is 18.6. The van der Waals surface area contributed by atoms with Crippen molar-refractivity contribution in [2.45, 2.75) is 38.9 Å². The molecule has 0 aromatic heterocycles. The third-order valence-corrected chi connectivity index (χ3v) is 6.71. The monoisotopic (exact) mass is 406 g/mol. The van der Waals surface area contributed by atoms with Crippen molar-refractivity contribution in [2.75, 3.05) is 0 Å². The highest BCUT2D eigenvalue weighted by molar-refractivity contribution is 6.62. The van der Waals surface area contributed by atoms with E-state index in [0.29, 0.717) is 0 Å². The second kappa shape index (κ2) is 7.37. The number of benzene rings is 4. The van der Waals surface area contributed by atoms with Crippen molar-refractivity contribution in [3.8, 4) is 22.3 Å². The molecule has 4 aromatic rings. The molecule has 1 heterocycles. The highest BCUT2D eigenvalue weighted by Crippen LogP contribution is 2.37. The molecular formula is C28H27BO2. The molecule has 1 aliphatic rings. The fourth-order valence-electron chi connectivity index (χ4n) is 4.17. The van der Waals surface area contributed by atoms with Gasteiger partial charge in [-0.2, -0.15) is 0 Å². The molecule has 0 bridgehead atoms. The van der Waals surface area contributed by atoms with Gasteiger partial charge in [-0.1, -0.05) is 84.9 Å². The molecule has 1 fully saturated rings. The maximum atomic E-state index is 6.28. The molecule has 1 saturated heterocycles. The molecule has 4 aromatic carbocycles. The SMILES string of the molecule is CC1(C)OB(c2cccc(-c3cccc4ccc(-c5ccccc5)cc34)c2)OC1(C)C. The first-order chi connectivity index (χ1) is 14.8. The van der Waals surface area contributed by atoms with Crippen LogP contribution >= 0.6 is 0 Å². The smallest absolute Gasteiger partial charge is 0.399 e. The standard InChI is InChI=1S/C28H27BO2/c1-27(2)28(3,4)31-29(30-27)24-14-8-13-23(18-24)25-15-9-12-21-16-17-22(19-26(21)25)20-10-6-5-7-11-20/h5-19H,1-4H3. The van der Waals surface area contributed by atoms with Crippen LogP contribution in [0.5, 0.6) is 0 Å². The van der Waals surface area contributed by atoms with E-state index in [1.54, 1.807) is 0 Å². The first kappa shape index (κ1) is 20.1. The van der Waals surface area contributed by atoms with Crippen LogP contribution in [-0.2, 0) is 9.31 Å². The Morgan fingerprint density at radius 3 is 2.00 bits per heavy atom. The molecule has 0 aliphatic carbocycles. The molecule has 0 N–H and O–H groups in total. The Bertz CT molecular complexity index is 1230.